The van der Waals surface area contributed by atoms with Crippen LogP contribution in [0.5, 0.6) is 0 Å². The van der Waals surface area contributed by atoms with Crippen molar-refractivity contribution in [3.63, 3.8) is 0 Å². The number of urea groups is 1. The van der Waals surface area contributed by atoms with E-state index in [-0.39, 0.29) is 24.2 Å². The topological polar surface area (TPSA) is 52.6 Å². The molecule has 0 saturated heterocycles. The minimum Gasteiger partial charge on any atom is -0.393 e. The summed E-state index contributed by atoms with van der Waals surface area (Å²) in [5.41, 5.74) is 1.19. The average molecular weight is 330 g/mol. The number of rotatable bonds is 5. The number of hydrogen-bond acceptors (Lipinski definition) is 2. The van der Waals surface area contributed by atoms with Crippen LogP contribution in [0.1, 0.15) is 63.5 Å². The second-order valence-electron chi connectivity index (χ2n) is 7.49. The third-order valence-electron chi connectivity index (χ3n) is 5.71. The van der Waals surface area contributed by atoms with Crippen molar-refractivity contribution >= 4 is 6.03 Å². The predicted molar refractivity (Wildman–Crippen MR) is 95.7 cm³/mol. The van der Waals surface area contributed by atoms with Crippen molar-refractivity contribution in [1.29, 1.82) is 0 Å². The summed E-state index contributed by atoms with van der Waals surface area (Å²) in [7, 11) is 0. The third-order valence-corrected chi connectivity index (χ3v) is 5.71. The highest BCUT2D eigenvalue weighted by Gasteiger charge is 2.29. The van der Waals surface area contributed by atoms with E-state index >= 15 is 0 Å². The Morgan fingerprint density at radius 1 is 1.17 bits per heavy atom. The minimum absolute atomic E-state index is 0.0552. The van der Waals surface area contributed by atoms with Gasteiger partial charge in [-0.1, -0.05) is 36.8 Å². The highest BCUT2D eigenvalue weighted by molar-refractivity contribution is 5.75. The Hall–Kier alpha value is -1.55. The molecule has 2 fully saturated rings. The van der Waals surface area contributed by atoms with Crippen molar-refractivity contribution in [3.8, 4) is 0 Å². The summed E-state index contributed by atoms with van der Waals surface area (Å²) in [5.74, 6) is 0.648. The molecule has 2 aliphatic carbocycles. The number of carbonyl (C=O) groups is 1. The average Bonchev–Trinajstić information content (AvgIpc) is 2.56. The van der Waals surface area contributed by atoms with E-state index in [0.29, 0.717) is 5.92 Å². The first-order chi connectivity index (χ1) is 11.6. The Labute approximate surface area is 145 Å². The van der Waals surface area contributed by atoms with Crippen molar-refractivity contribution in [3.05, 3.63) is 35.9 Å². The summed E-state index contributed by atoms with van der Waals surface area (Å²) in [6.07, 6.45) is 6.92. The summed E-state index contributed by atoms with van der Waals surface area (Å²) in [6.45, 7) is 2.97. The van der Waals surface area contributed by atoms with E-state index in [2.05, 4.69) is 24.4 Å². The van der Waals surface area contributed by atoms with Gasteiger partial charge in [-0.25, -0.2) is 4.79 Å². The highest BCUT2D eigenvalue weighted by Crippen LogP contribution is 2.31. The normalized spacial score (nSPS) is 25.6. The van der Waals surface area contributed by atoms with E-state index in [1.54, 1.807) is 0 Å². The lowest BCUT2D eigenvalue weighted by Crippen LogP contribution is -2.49. The Balaban J connectivity index is 1.65. The molecule has 0 aromatic heterocycles. The zero-order valence-corrected chi connectivity index (χ0v) is 14.7. The van der Waals surface area contributed by atoms with Gasteiger partial charge in [-0.3, -0.25) is 0 Å². The van der Waals surface area contributed by atoms with Crippen LogP contribution in [0.4, 0.5) is 4.79 Å². The number of aliphatic hydroxyl groups excluding tert-OH is 1. The fourth-order valence-corrected chi connectivity index (χ4v) is 3.76. The first kappa shape index (κ1) is 17.3. The summed E-state index contributed by atoms with van der Waals surface area (Å²) < 4.78 is 0. The SMILES string of the molecule is CC(c1ccccc1)N(CC1CCC1)C(=O)NC1CCC(O)CC1. The van der Waals surface area contributed by atoms with Crippen molar-refractivity contribution in [2.45, 2.75) is 70.1 Å². The molecule has 0 spiro atoms. The Kier molecular flexibility index (Phi) is 5.77. The number of hydrogen-bond donors (Lipinski definition) is 2. The first-order valence-electron chi connectivity index (χ1n) is 9.43. The van der Waals surface area contributed by atoms with Gasteiger partial charge in [0, 0.05) is 12.6 Å². The summed E-state index contributed by atoms with van der Waals surface area (Å²) in [6, 6.07) is 10.6. The van der Waals surface area contributed by atoms with E-state index in [0.717, 1.165) is 32.2 Å². The maximum Gasteiger partial charge on any atom is 0.318 e. The van der Waals surface area contributed by atoms with Crippen LogP contribution in [0.3, 0.4) is 0 Å². The monoisotopic (exact) mass is 330 g/mol. The third kappa shape index (κ3) is 4.29. The molecule has 0 heterocycles. The van der Waals surface area contributed by atoms with Gasteiger partial charge in [0.05, 0.1) is 12.1 Å². The molecule has 2 saturated carbocycles. The van der Waals surface area contributed by atoms with Gasteiger partial charge in [0.25, 0.3) is 0 Å². The molecule has 1 atom stereocenters. The maximum atomic E-state index is 12.9. The second-order valence-corrected chi connectivity index (χ2v) is 7.49. The van der Waals surface area contributed by atoms with Crippen LogP contribution < -0.4 is 5.32 Å². The Morgan fingerprint density at radius 3 is 2.42 bits per heavy atom. The molecular formula is C20H30N2O2. The van der Waals surface area contributed by atoms with E-state index in [9.17, 15) is 9.90 Å². The summed E-state index contributed by atoms with van der Waals surface area (Å²) in [4.78, 5) is 15.0. The van der Waals surface area contributed by atoms with Crippen LogP contribution in [0.15, 0.2) is 30.3 Å². The minimum atomic E-state index is -0.188. The fraction of sp³-hybridized carbons (Fsp3) is 0.650. The van der Waals surface area contributed by atoms with Crippen molar-refractivity contribution in [2.24, 2.45) is 5.92 Å². The molecule has 3 rings (SSSR count). The van der Waals surface area contributed by atoms with E-state index in [4.69, 9.17) is 0 Å². The van der Waals surface area contributed by atoms with Gasteiger partial charge in [-0.15, -0.1) is 0 Å². The quantitative estimate of drug-likeness (QED) is 0.861. The molecule has 2 amide bonds. The number of nitrogens with one attached hydrogen (secondary N) is 1. The fourth-order valence-electron chi connectivity index (χ4n) is 3.76. The first-order valence-corrected chi connectivity index (χ1v) is 9.43. The molecule has 1 aromatic rings. The van der Waals surface area contributed by atoms with Crippen LogP contribution in [-0.2, 0) is 0 Å². The maximum absolute atomic E-state index is 12.9. The number of amides is 2. The van der Waals surface area contributed by atoms with Gasteiger partial charge in [0.1, 0.15) is 0 Å². The van der Waals surface area contributed by atoms with E-state index in [1.807, 2.05) is 23.1 Å². The molecule has 4 heteroatoms. The standard InChI is InChI=1S/C20H30N2O2/c1-15(17-8-3-2-4-9-17)22(14-16-6-5-7-16)20(24)21-18-10-12-19(23)13-11-18/h2-4,8-9,15-16,18-19,23H,5-7,10-14H2,1H3,(H,21,24). The summed E-state index contributed by atoms with van der Waals surface area (Å²) >= 11 is 0. The van der Waals surface area contributed by atoms with Crippen LogP contribution in [0.25, 0.3) is 0 Å². The van der Waals surface area contributed by atoms with Crippen molar-refractivity contribution in [2.75, 3.05) is 6.54 Å². The van der Waals surface area contributed by atoms with Crippen LogP contribution in [-0.4, -0.2) is 34.7 Å². The molecular weight excluding hydrogens is 300 g/mol. The molecule has 0 radical (unpaired) electrons. The van der Waals surface area contributed by atoms with Crippen molar-refractivity contribution in [1.82, 2.24) is 10.2 Å². The molecule has 0 bridgehead atoms. The number of aliphatic hydroxyl groups is 1. The van der Waals surface area contributed by atoms with E-state index < -0.39 is 0 Å². The molecule has 4 nitrogen and oxygen atoms in total. The zero-order chi connectivity index (χ0) is 16.9. The zero-order valence-electron chi connectivity index (χ0n) is 14.7. The lowest BCUT2D eigenvalue weighted by atomic mass is 9.84. The molecule has 132 valence electrons. The van der Waals surface area contributed by atoms with Gasteiger partial charge >= 0.3 is 6.03 Å². The number of carbonyl (C=O) groups excluding carboxylic acids is 1. The second kappa shape index (κ2) is 8.02. The Morgan fingerprint density at radius 2 is 1.83 bits per heavy atom. The van der Waals surface area contributed by atoms with Gasteiger partial charge in [-0.2, -0.15) is 0 Å². The van der Waals surface area contributed by atoms with Crippen LogP contribution in [0.2, 0.25) is 0 Å². The van der Waals surface area contributed by atoms with E-state index in [1.165, 1.54) is 24.8 Å². The van der Waals surface area contributed by atoms with Crippen molar-refractivity contribution < 1.29 is 9.90 Å². The Bertz CT molecular complexity index is 522. The largest absolute Gasteiger partial charge is 0.393 e. The lowest BCUT2D eigenvalue weighted by molar-refractivity contribution is 0.109. The van der Waals surface area contributed by atoms with Gasteiger partial charge in [-0.05, 0) is 56.9 Å². The smallest absolute Gasteiger partial charge is 0.318 e. The molecule has 1 unspecified atom stereocenters. The number of nitrogens with zero attached hydrogens (tertiary/aromatic N) is 1. The van der Waals surface area contributed by atoms with Gasteiger partial charge in [0.2, 0.25) is 0 Å². The van der Waals surface area contributed by atoms with Crippen LogP contribution >= 0.6 is 0 Å². The molecule has 24 heavy (non-hydrogen) atoms. The van der Waals surface area contributed by atoms with Gasteiger partial charge < -0.3 is 15.3 Å². The predicted octanol–water partition coefficient (Wildman–Crippen LogP) is 3.86. The molecule has 2 aliphatic rings. The lowest BCUT2D eigenvalue weighted by Gasteiger charge is -2.37. The molecule has 1 aromatic carbocycles. The molecule has 0 aliphatic heterocycles. The highest BCUT2D eigenvalue weighted by atomic mass is 16.3. The van der Waals surface area contributed by atoms with Crippen LogP contribution in [0, 0.1) is 5.92 Å². The summed E-state index contributed by atoms with van der Waals surface area (Å²) in [5, 5.41) is 12.9. The van der Waals surface area contributed by atoms with Gasteiger partial charge in [0.15, 0.2) is 0 Å². The number of benzene rings is 1. The molecule has 2 N–H and O–H groups in total.